The van der Waals surface area contributed by atoms with E-state index in [-0.39, 0.29) is 24.3 Å². The first-order valence-electron chi connectivity index (χ1n) is 6.84. The quantitative estimate of drug-likeness (QED) is 0.641. The molecule has 19 heavy (non-hydrogen) atoms. The zero-order valence-electron chi connectivity index (χ0n) is 12.7. The van der Waals surface area contributed by atoms with Crippen molar-refractivity contribution in [2.45, 2.75) is 53.5 Å². The molecule has 0 aromatic rings. The molecule has 2 N–H and O–H groups in total. The monoisotopic (exact) mass is 289 g/mol. The van der Waals surface area contributed by atoms with Gasteiger partial charge in [-0.15, -0.1) is 0 Å². The predicted molar refractivity (Wildman–Crippen MR) is 80.4 cm³/mol. The third-order valence-electron chi connectivity index (χ3n) is 3.60. The standard InChI is InChI=1S/C14H27NO3S/c1-6-19-8-7-11(4)15-12(16)9-14(5,10(2)3)13(17)18/h10-11H,6-9H2,1-5H3,(H,15,16)(H,17,18). The second-order valence-electron chi connectivity index (χ2n) is 5.51. The Hall–Kier alpha value is -0.710. The Morgan fingerprint density at radius 1 is 1.32 bits per heavy atom. The minimum absolute atomic E-state index is 0.0330. The van der Waals surface area contributed by atoms with Gasteiger partial charge in [-0.25, -0.2) is 0 Å². The lowest BCUT2D eigenvalue weighted by molar-refractivity contribution is -0.153. The van der Waals surface area contributed by atoms with Gasteiger partial charge in [0.2, 0.25) is 5.91 Å². The number of amides is 1. The van der Waals surface area contributed by atoms with E-state index in [9.17, 15) is 14.7 Å². The van der Waals surface area contributed by atoms with Gasteiger partial charge in [0, 0.05) is 12.5 Å². The molecule has 5 heteroatoms. The van der Waals surface area contributed by atoms with Gasteiger partial charge < -0.3 is 10.4 Å². The number of thioether (sulfide) groups is 1. The van der Waals surface area contributed by atoms with Crippen LogP contribution in [-0.4, -0.2) is 34.5 Å². The number of carbonyl (C=O) groups is 2. The summed E-state index contributed by atoms with van der Waals surface area (Å²) in [5.74, 6) is 0.921. The van der Waals surface area contributed by atoms with Crippen molar-refractivity contribution in [1.82, 2.24) is 5.32 Å². The van der Waals surface area contributed by atoms with Crippen LogP contribution >= 0.6 is 11.8 Å². The molecular formula is C14H27NO3S. The van der Waals surface area contributed by atoms with Crippen LogP contribution in [0.25, 0.3) is 0 Å². The molecule has 0 aliphatic rings. The number of nitrogens with one attached hydrogen (secondary N) is 1. The van der Waals surface area contributed by atoms with Crippen LogP contribution in [0.4, 0.5) is 0 Å². The fourth-order valence-electron chi connectivity index (χ4n) is 1.66. The molecule has 0 spiro atoms. The number of rotatable bonds is 9. The average molecular weight is 289 g/mol. The third kappa shape index (κ3) is 6.32. The van der Waals surface area contributed by atoms with E-state index in [0.717, 1.165) is 17.9 Å². The van der Waals surface area contributed by atoms with Crippen molar-refractivity contribution < 1.29 is 14.7 Å². The van der Waals surface area contributed by atoms with Crippen molar-refractivity contribution in [3.05, 3.63) is 0 Å². The molecule has 0 saturated carbocycles. The van der Waals surface area contributed by atoms with E-state index in [1.54, 1.807) is 6.92 Å². The molecule has 2 atom stereocenters. The number of hydrogen-bond acceptors (Lipinski definition) is 3. The Kier molecular flexibility index (Phi) is 8.14. The molecule has 4 nitrogen and oxygen atoms in total. The lowest BCUT2D eigenvalue weighted by Gasteiger charge is -2.29. The Labute approximate surface area is 120 Å². The third-order valence-corrected chi connectivity index (χ3v) is 4.53. The van der Waals surface area contributed by atoms with Gasteiger partial charge in [0.15, 0.2) is 0 Å². The molecule has 112 valence electrons. The SMILES string of the molecule is CCSCCC(C)NC(=O)CC(C)(C(=O)O)C(C)C. The lowest BCUT2D eigenvalue weighted by Crippen LogP contribution is -2.41. The van der Waals surface area contributed by atoms with Crippen LogP contribution in [0, 0.1) is 11.3 Å². The molecule has 0 radical (unpaired) electrons. The highest BCUT2D eigenvalue weighted by atomic mass is 32.2. The van der Waals surface area contributed by atoms with Gasteiger partial charge in [0.1, 0.15) is 0 Å². The van der Waals surface area contributed by atoms with Crippen LogP contribution in [0.15, 0.2) is 0 Å². The summed E-state index contributed by atoms with van der Waals surface area (Å²) < 4.78 is 0. The maximum absolute atomic E-state index is 11.9. The molecule has 0 aromatic heterocycles. The van der Waals surface area contributed by atoms with Crippen molar-refractivity contribution in [2.75, 3.05) is 11.5 Å². The maximum atomic E-state index is 11.9. The van der Waals surface area contributed by atoms with Crippen molar-refractivity contribution >= 4 is 23.6 Å². The first kappa shape index (κ1) is 18.3. The highest BCUT2D eigenvalue weighted by molar-refractivity contribution is 7.99. The number of carboxylic acids is 1. The maximum Gasteiger partial charge on any atom is 0.310 e. The zero-order valence-corrected chi connectivity index (χ0v) is 13.5. The molecule has 0 fully saturated rings. The fraction of sp³-hybridized carbons (Fsp3) is 0.857. The fourth-order valence-corrected chi connectivity index (χ4v) is 2.47. The Bertz CT molecular complexity index is 307. The van der Waals surface area contributed by atoms with Crippen molar-refractivity contribution in [3.63, 3.8) is 0 Å². The first-order chi connectivity index (χ1) is 8.74. The molecule has 0 saturated heterocycles. The van der Waals surface area contributed by atoms with E-state index >= 15 is 0 Å². The van der Waals surface area contributed by atoms with E-state index < -0.39 is 11.4 Å². The normalized spacial score (nSPS) is 15.9. The summed E-state index contributed by atoms with van der Waals surface area (Å²) >= 11 is 1.84. The summed E-state index contributed by atoms with van der Waals surface area (Å²) in [7, 11) is 0. The molecule has 0 aliphatic carbocycles. The highest BCUT2D eigenvalue weighted by Crippen LogP contribution is 2.31. The predicted octanol–water partition coefficient (Wildman–Crippen LogP) is 2.77. The van der Waals surface area contributed by atoms with E-state index in [1.807, 2.05) is 32.5 Å². The van der Waals surface area contributed by atoms with Crippen molar-refractivity contribution in [1.29, 1.82) is 0 Å². The van der Waals surface area contributed by atoms with Gasteiger partial charge in [0.05, 0.1) is 5.41 Å². The first-order valence-corrected chi connectivity index (χ1v) is 8.00. The van der Waals surface area contributed by atoms with E-state index in [4.69, 9.17) is 0 Å². The second-order valence-corrected chi connectivity index (χ2v) is 6.90. The molecule has 0 bridgehead atoms. The summed E-state index contributed by atoms with van der Waals surface area (Å²) in [6.45, 7) is 9.37. The van der Waals surface area contributed by atoms with E-state index in [0.29, 0.717) is 0 Å². The van der Waals surface area contributed by atoms with Crippen LogP contribution < -0.4 is 5.32 Å². The zero-order chi connectivity index (χ0) is 15.1. The minimum Gasteiger partial charge on any atom is -0.481 e. The van der Waals surface area contributed by atoms with Crippen LogP contribution in [-0.2, 0) is 9.59 Å². The Balaban J connectivity index is 4.32. The van der Waals surface area contributed by atoms with Crippen molar-refractivity contribution in [3.8, 4) is 0 Å². The summed E-state index contributed by atoms with van der Waals surface area (Å²) in [6.07, 6.45) is 0.945. The smallest absolute Gasteiger partial charge is 0.310 e. The van der Waals surface area contributed by atoms with Gasteiger partial charge >= 0.3 is 5.97 Å². The minimum atomic E-state index is -0.998. The summed E-state index contributed by atoms with van der Waals surface area (Å²) in [5, 5.41) is 12.2. The topological polar surface area (TPSA) is 66.4 Å². The average Bonchev–Trinajstić information content (AvgIpc) is 2.28. The molecule has 0 rings (SSSR count). The second kappa shape index (κ2) is 8.46. The molecule has 0 aromatic carbocycles. The van der Waals surface area contributed by atoms with Gasteiger partial charge in [-0.3, -0.25) is 9.59 Å². The van der Waals surface area contributed by atoms with E-state index in [2.05, 4.69) is 12.2 Å². The molecule has 0 heterocycles. The number of carbonyl (C=O) groups excluding carboxylic acids is 1. The summed E-state index contributed by atoms with van der Waals surface area (Å²) in [4.78, 5) is 23.2. The van der Waals surface area contributed by atoms with Gasteiger partial charge in [-0.05, 0) is 37.7 Å². The van der Waals surface area contributed by atoms with Gasteiger partial charge in [-0.1, -0.05) is 20.8 Å². The molecule has 0 aliphatic heterocycles. The highest BCUT2D eigenvalue weighted by Gasteiger charge is 2.38. The lowest BCUT2D eigenvalue weighted by atomic mass is 9.76. The summed E-state index contributed by atoms with van der Waals surface area (Å²) in [6, 6.07) is 0.0942. The Morgan fingerprint density at radius 2 is 1.89 bits per heavy atom. The number of aliphatic carboxylic acids is 1. The molecular weight excluding hydrogens is 262 g/mol. The van der Waals surface area contributed by atoms with Crippen molar-refractivity contribution in [2.24, 2.45) is 11.3 Å². The molecule has 2 unspecified atom stereocenters. The van der Waals surface area contributed by atoms with Crippen LogP contribution in [0.1, 0.15) is 47.5 Å². The van der Waals surface area contributed by atoms with Gasteiger partial charge in [-0.2, -0.15) is 11.8 Å². The van der Waals surface area contributed by atoms with Gasteiger partial charge in [0.25, 0.3) is 0 Å². The Morgan fingerprint density at radius 3 is 2.32 bits per heavy atom. The largest absolute Gasteiger partial charge is 0.481 e. The summed E-state index contributed by atoms with van der Waals surface area (Å²) in [5.41, 5.74) is -0.998. The van der Waals surface area contributed by atoms with Crippen LogP contribution in [0.3, 0.4) is 0 Å². The van der Waals surface area contributed by atoms with E-state index in [1.165, 1.54) is 0 Å². The van der Waals surface area contributed by atoms with Crippen LogP contribution in [0.2, 0.25) is 0 Å². The van der Waals surface area contributed by atoms with Crippen LogP contribution in [0.5, 0.6) is 0 Å². The number of carboxylic acid groups (broad SMARTS) is 1. The molecule has 1 amide bonds. The number of hydrogen-bond donors (Lipinski definition) is 2.